The Balaban J connectivity index is 0.000000355. The summed E-state index contributed by atoms with van der Waals surface area (Å²) in [6.45, 7) is 6.82. The molecule has 0 aromatic heterocycles. The Bertz CT molecular complexity index is 320. The van der Waals surface area contributed by atoms with E-state index in [-0.39, 0.29) is 13.3 Å². The quantitative estimate of drug-likeness (QED) is 0.717. The van der Waals surface area contributed by atoms with Gasteiger partial charge in [-0.3, -0.25) is 4.79 Å². The van der Waals surface area contributed by atoms with Gasteiger partial charge in [0.2, 0.25) is 0 Å². The summed E-state index contributed by atoms with van der Waals surface area (Å²) in [5.74, 6) is 1.44. The van der Waals surface area contributed by atoms with Crippen LogP contribution in [-0.2, 0) is 9.53 Å². The molecule has 2 saturated carbocycles. The molecule has 1 aliphatic heterocycles. The van der Waals surface area contributed by atoms with E-state index in [0.717, 1.165) is 38.4 Å². The topological polar surface area (TPSA) is 66.8 Å². The van der Waals surface area contributed by atoms with Gasteiger partial charge >= 0.3 is 5.97 Å². The second-order valence-corrected chi connectivity index (χ2v) is 7.95. The number of carbonyl (C=O) groups is 1. The molecule has 0 spiro atoms. The molecule has 0 aromatic rings. The number of aliphatic hydroxyl groups is 1. The lowest BCUT2D eigenvalue weighted by molar-refractivity contribution is -0.143. The normalized spacial score (nSPS) is 31.5. The van der Waals surface area contributed by atoms with Gasteiger partial charge in [-0.25, -0.2) is 0 Å². The van der Waals surface area contributed by atoms with Crippen LogP contribution in [0.1, 0.15) is 85.5 Å². The number of aliphatic carboxylic acids is 1. The van der Waals surface area contributed by atoms with E-state index in [1.54, 1.807) is 0 Å². The molecule has 1 saturated heterocycles. The number of aliphatic hydroxyl groups excluding tert-OH is 1. The molecule has 0 aromatic carbocycles. The average Bonchev–Trinajstić information content (AvgIpc) is 3.15. The van der Waals surface area contributed by atoms with Crippen LogP contribution in [0.2, 0.25) is 0 Å². The van der Waals surface area contributed by atoms with Gasteiger partial charge in [0.25, 0.3) is 0 Å². The summed E-state index contributed by atoms with van der Waals surface area (Å²) in [7, 11) is 0. The Morgan fingerprint density at radius 3 is 1.80 bits per heavy atom. The zero-order chi connectivity index (χ0) is 17.8. The Kier molecular flexibility index (Phi) is 14.2. The first-order valence-corrected chi connectivity index (χ1v) is 9.94. The van der Waals surface area contributed by atoms with E-state index < -0.39 is 5.97 Å². The van der Waals surface area contributed by atoms with Gasteiger partial charge in [0.05, 0.1) is 5.92 Å². The first-order chi connectivity index (χ1) is 11.5. The fourth-order valence-corrected chi connectivity index (χ4v) is 3.89. The third-order valence-corrected chi connectivity index (χ3v) is 5.42. The largest absolute Gasteiger partial charge is 0.481 e. The maximum Gasteiger partial charge on any atom is 0.306 e. The van der Waals surface area contributed by atoms with Gasteiger partial charge in [0.15, 0.2) is 0 Å². The van der Waals surface area contributed by atoms with E-state index >= 15 is 0 Å². The van der Waals surface area contributed by atoms with Gasteiger partial charge in [-0.15, -0.1) is 0 Å². The number of rotatable bonds is 2. The molecule has 4 heteroatoms. The standard InChI is InChI=1S/C8H14O2.C8H16O.C4H8O.CH4/c1-6-3-2-4-7(5-6)8(9)10;1-7-3-2-4-8(5-7)6-9;1-2-4-5-3-1;/h6-7H,2-5H2,1H3,(H,9,10);7-9H,2-6H2,1H3;1-4H2;1H4/t6-,7+;7-,8+;;/m11../s1. The average molecular weight is 359 g/mol. The number of hydrogen-bond acceptors (Lipinski definition) is 3. The summed E-state index contributed by atoms with van der Waals surface area (Å²) in [5, 5.41) is 17.5. The van der Waals surface area contributed by atoms with E-state index in [4.69, 9.17) is 14.9 Å². The monoisotopic (exact) mass is 358 g/mol. The summed E-state index contributed by atoms with van der Waals surface area (Å²) < 4.78 is 4.94. The van der Waals surface area contributed by atoms with Gasteiger partial charge in [0, 0.05) is 19.8 Å². The fraction of sp³-hybridized carbons (Fsp3) is 0.952. The maximum atomic E-state index is 10.5. The Morgan fingerprint density at radius 2 is 1.48 bits per heavy atom. The van der Waals surface area contributed by atoms with Crippen molar-refractivity contribution in [1.29, 1.82) is 0 Å². The van der Waals surface area contributed by atoms with Crippen LogP contribution < -0.4 is 0 Å². The smallest absolute Gasteiger partial charge is 0.306 e. The van der Waals surface area contributed by atoms with Crippen molar-refractivity contribution in [2.24, 2.45) is 23.7 Å². The molecule has 1 heterocycles. The Labute approximate surface area is 155 Å². The highest BCUT2D eigenvalue weighted by atomic mass is 16.5. The third-order valence-electron chi connectivity index (χ3n) is 5.42. The van der Waals surface area contributed by atoms with Gasteiger partial charge < -0.3 is 14.9 Å². The molecule has 2 N–H and O–H groups in total. The summed E-state index contributed by atoms with van der Waals surface area (Å²) in [4.78, 5) is 10.5. The zero-order valence-corrected chi connectivity index (χ0v) is 15.7. The first kappa shape index (κ1) is 24.4. The van der Waals surface area contributed by atoms with Crippen LogP contribution in [0.3, 0.4) is 0 Å². The summed E-state index contributed by atoms with van der Waals surface area (Å²) in [6, 6.07) is 0. The van der Waals surface area contributed by atoms with Crippen molar-refractivity contribution in [2.75, 3.05) is 19.8 Å². The van der Waals surface area contributed by atoms with Crippen molar-refractivity contribution in [2.45, 2.75) is 85.5 Å². The minimum Gasteiger partial charge on any atom is -0.481 e. The molecule has 3 aliphatic rings. The lowest BCUT2D eigenvalue weighted by atomic mass is 9.83. The molecule has 3 fully saturated rings. The fourth-order valence-electron chi connectivity index (χ4n) is 3.89. The molecular weight excluding hydrogens is 316 g/mol. The van der Waals surface area contributed by atoms with E-state index in [0.29, 0.717) is 18.4 Å². The van der Waals surface area contributed by atoms with Crippen LogP contribution in [0.15, 0.2) is 0 Å². The molecule has 3 rings (SSSR count). The second kappa shape index (κ2) is 14.5. The number of hydrogen-bond donors (Lipinski definition) is 2. The molecule has 2 aliphatic carbocycles. The van der Waals surface area contributed by atoms with E-state index in [9.17, 15) is 4.79 Å². The summed E-state index contributed by atoms with van der Waals surface area (Å²) >= 11 is 0. The lowest BCUT2D eigenvalue weighted by Gasteiger charge is -2.24. The highest BCUT2D eigenvalue weighted by Gasteiger charge is 2.23. The molecule has 0 amide bonds. The number of carboxylic acid groups (broad SMARTS) is 1. The molecule has 0 bridgehead atoms. The lowest BCUT2D eigenvalue weighted by Crippen LogP contribution is -2.20. The molecular formula is C21H42O4. The van der Waals surface area contributed by atoms with Gasteiger partial charge in [-0.2, -0.15) is 0 Å². The Hall–Kier alpha value is -0.610. The number of ether oxygens (including phenoxy) is 1. The van der Waals surface area contributed by atoms with Crippen LogP contribution in [0, 0.1) is 23.7 Å². The summed E-state index contributed by atoms with van der Waals surface area (Å²) in [5.41, 5.74) is 0. The van der Waals surface area contributed by atoms with E-state index in [1.165, 1.54) is 44.9 Å². The minimum absolute atomic E-state index is 0. The van der Waals surface area contributed by atoms with Crippen molar-refractivity contribution in [3.63, 3.8) is 0 Å². The van der Waals surface area contributed by atoms with E-state index in [2.05, 4.69) is 13.8 Å². The minimum atomic E-state index is -0.605. The molecule has 25 heavy (non-hydrogen) atoms. The predicted octanol–water partition coefficient (Wildman–Crippen LogP) is 5.14. The van der Waals surface area contributed by atoms with Crippen LogP contribution in [0.25, 0.3) is 0 Å². The third kappa shape index (κ3) is 11.6. The van der Waals surface area contributed by atoms with Crippen LogP contribution >= 0.6 is 0 Å². The molecule has 4 atom stereocenters. The van der Waals surface area contributed by atoms with Crippen LogP contribution in [-0.4, -0.2) is 36.0 Å². The predicted molar refractivity (Wildman–Crippen MR) is 104 cm³/mol. The first-order valence-electron chi connectivity index (χ1n) is 9.94. The molecule has 4 nitrogen and oxygen atoms in total. The van der Waals surface area contributed by atoms with Crippen molar-refractivity contribution < 1.29 is 19.7 Å². The summed E-state index contributed by atoms with van der Waals surface area (Å²) in [6.07, 6.45) is 11.8. The van der Waals surface area contributed by atoms with Crippen LogP contribution in [0.5, 0.6) is 0 Å². The molecule has 0 radical (unpaired) electrons. The number of carboxylic acids is 1. The van der Waals surface area contributed by atoms with E-state index in [1.807, 2.05) is 0 Å². The maximum absolute atomic E-state index is 10.5. The zero-order valence-electron chi connectivity index (χ0n) is 15.7. The molecule has 150 valence electrons. The SMILES string of the molecule is C.C1CCOC1.C[C@@H]1CCC[C@H](C(=O)O)C1.C[C@@H]1CCC[C@H](CO)C1. The highest BCUT2D eigenvalue weighted by Crippen LogP contribution is 2.28. The second-order valence-electron chi connectivity index (χ2n) is 7.95. The van der Waals surface area contributed by atoms with Gasteiger partial charge in [-0.05, 0) is 56.3 Å². The van der Waals surface area contributed by atoms with Gasteiger partial charge in [0.1, 0.15) is 0 Å². The highest BCUT2D eigenvalue weighted by molar-refractivity contribution is 5.70. The molecule has 0 unspecified atom stereocenters. The van der Waals surface area contributed by atoms with Crippen molar-refractivity contribution in [3.8, 4) is 0 Å². The van der Waals surface area contributed by atoms with Crippen molar-refractivity contribution in [3.05, 3.63) is 0 Å². The Morgan fingerprint density at radius 1 is 0.920 bits per heavy atom. The van der Waals surface area contributed by atoms with Crippen molar-refractivity contribution >= 4 is 5.97 Å². The van der Waals surface area contributed by atoms with Crippen LogP contribution in [0.4, 0.5) is 0 Å². The van der Waals surface area contributed by atoms with Crippen molar-refractivity contribution in [1.82, 2.24) is 0 Å². The van der Waals surface area contributed by atoms with Gasteiger partial charge in [-0.1, -0.05) is 47.0 Å².